The molecule has 7 heteroatoms. The van der Waals surface area contributed by atoms with Crippen molar-refractivity contribution >= 4 is 11.9 Å². The average Bonchev–Trinajstić information content (AvgIpc) is 3.27. The third kappa shape index (κ3) is 3.61. The fourth-order valence-electron chi connectivity index (χ4n) is 2.55. The fourth-order valence-corrected chi connectivity index (χ4v) is 2.55. The molecule has 24 heavy (non-hydrogen) atoms. The number of carbonyl (C=O) groups excluding carboxylic acids is 1. The quantitative estimate of drug-likeness (QED) is 0.851. The molecule has 2 aromatic rings. The average molecular weight is 331 g/mol. The van der Waals surface area contributed by atoms with Gasteiger partial charge in [0.1, 0.15) is 11.9 Å². The molecule has 0 bridgehead atoms. The first-order valence-electron chi connectivity index (χ1n) is 7.80. The van der Waals surface area contributed by atoms with E-state index in [1.807, 2.05) is 0 Å². The van der Waals surface area contributed by atoms with E-state index < -0.39 is 17.9 Å². The normalized spacial score (nSPS) is 15.1. The van der Waals surface area contributed by atoms with E-state index in [9.17, 15) is 19.1 Å². The number of halogens is 1. The van der Waals surface area contributed by atoms with Crippen LogP contribution in [-0.2, 0) is 4.79 Å². The lowest BCUT2D eigenvalue weighted by atomic mass is 10.1. The van der Waals surface area contributed by atoms with Crippen molar-refractivity contribution in [3.8, 4) is 5.69 Å². The summed E-state index contributed by atoms with van der Waals surface area (Å²) in [7, 11) is 0. The van der Waals surface area contributed by atoms with Crippen molar-refractivity contribution in [3.63, 3.8) is 0 Å². The maximum absolute atomic E-state index is 13.0. The van der Waals surface area contributed by atoms with Crippen LogP contribution in [0, 0.1) is 18.7 Å². The summed E-state index contributed by atoms with van der Waals surface area (Å²) in [4.78, 5) is 23.7. The van der Waals surface area contributed by atoms with Gasteiger partial charge in [0.15, 0.2) is 5.69 Å². The van der Waals surface area contributed by atoms with Crippen LogP contribution >= 0.6 is 0 Å². The number of amides is 1. The fraction of sp³-hybridized carbons (Fsp3) is 0.353. The third-order valence-corrected chi connectivity index (χ3v) is 4.07. The summed E-state index contributed by atoms with van der Waals surface area (Å²) in [6.45, 7) is 1.72. The highest BCUT2D eigenvalue weighted by Crippen LogP contribution is 2.33. The molecule has 0 aliphatic heterocycles. The van der Waals surface area contributed by atoms with Gasteiger partial charge in [-0.2, -0.15) is 5.10 Å². The van der Waals surface area contributed by atoms with Crippen LogP contribution in [0.5, 0.6) is 0 Å². The van der Waals surface area contributed by atoms with E-state index in [1.165, 1.54) is 16.8 Å². The number of hydrogen-bond donors (Lipinski definition) is 2. The largest absolute Gasteiger partial charge is 0.480 e. The highest BCUT2D eigenvalue weighted by molar-refractivity contribution is 5.96. The number of benzene rings is 1. The third-order valence-electron chi connectivity index (χ3n) is 4.07. The van der Waals surface area contributed by atoms with E-state index in [0.717, 1.165) is 12.8 Å². The molecule has 1 saturated carbocycles. The maximum atomic E-state index is 13.0. The smallest absolute Gasteiger partial charge is 0.326 e. The molecule has 1 aliphatic carbocycles. The Balaban J connectivity index is 1.77. The highest BCUT2D eigenvalue weighted by atomic mass is 19.1. The van der Waals surface area contributed by atoms with Crippen molar-refractivity contribution in [2.24, 2.45) is 5.92 Å². The number of hydrogen-bond acceptors (Lipinski definition) is 3. The van der Waals surface area contributed by atoms with Crippen LogP contribution < -0.4 is 5.32 Å². The Bertz CT molecular complexity index is 766. The molecule has 1 fully saturated rings. The second-order valence-corrected chi connectivity index (χ2v) is 6.13. The minimum atomic E-state index is -1.04. The Morgan fingerprint density at radius 3 is 2.62 bits per heavy atom. The minimum Gasteiger partial charge on any atom is -0.480 e. The number of rotatable bonds is 6. The van der Waals surface area contributed by atoms with Gasteiger partial charge in [-0.25, -0.2) is 13.9 Å². The SMILES string of the molecule is Cc1cn(-c2ccc(F)cc2)nc1C(=O)NC(CC1CC1)C(=O)O. The zero-order valence-corrected chi connectivity index (χ0v) is 13.2. The lowest BCUT2D eigenvalue weighted by molar-refractivity contribution is -0.139. The van der Waals surface area contributed by atoms with Crippen LogP contribution in [0.15, 0.2) is 30.5 Å². The van der Waals surface area contributed by atoms with Crippen molar-refractivity contribution in [1.82, 2.24) is 15.1 Å². The van der Waals surface area contributed by atoms with Crippen LogP contribution in [-0.4, -0.2) is 32.8 Å². The van der Waals surface area contributed by atoms with Gasteiger partial charge in [-0.15, -0.1) is 0 Å². The van der Waals surface area contributed by atoms with Crippen LogP contribution in [0.25, 0.3) is 5.69 Å². The number of carboxylic acids is 1. The molecule has 3 rings (SSSR count). The standard InChI is InChI=1S/C17H18FN3O3/c1-10-9-21(13-6-4-12(18)5-7-13)20-15(10)16(22)19-14(17(23)24)8-11-2-3-11/h4-7,9,11,14H,2-3,8H2,1H3,(H,19,22)(H,23,24). The van der Waals surface area contributed by atoms with Crippen LogP contribution in [0.3, 0.4) is 0 Å². The number of aliphatic carboxylic acids is 1. The first-order valence-corrected chi connectivity index (χ1v) is 7.80. The van der Waals surface area contributed by atoms with Gasteiger partial charge in [-0.1, -0.05) is 12.8 Å². The molecule has 1 amide bonds. The summed E-state index contributed by atoms with van der Waals surface area (Å²) < 4.78 is 14.5. The Labute approximate surface area is 138 Å². The van der Waals surface area contributed by atoms with E-state index in [0.29, 0.717) is 23.6 Å². The molecule has 1 heterocycles. The van der Waals surface area contributed by atoms with Gasteiger partial charge in [-0.05, 0) is 43.5 Å². The number of aryl methyl sites for hydroxylation is 1. The van der Waals surface area contributed by atoms with Gasteiger partial charge in [0, 0.05) is 11.8 Å². The molecule has 0 radical (unpaired) electrons. The van der Waals surface area contributed by atoms with Gasteiger partial charge in [0.05, 0.1) is 5.69 Å². The molecule has 1 aromatic carbocycles. The molecule has 1 atom stereocenters. The predicted molar refractivity (Wildman–Crippen MR) is 84.5 cm³/mol. The molecule has 1 aliphatic rings. The van der Waals surface area contributed by atoms with Gasteiger partial charge >= 0.3 is 5.97 Å². The molecule has 2 N–H and O–H groups in total. The topological polar surface area (TPSA) is 84.2 Å². The zero-order chi connectivity index (χ0) is 17.3. The lowest BCUT2D eigenvalue weighted by Gasteiger charge is -2.13. The minimum absolute atomic E-state index is 0.168. The molecular formula is C17H18FN3O3. The number of nitrogens with zero attached hydrogens (tertiary/aromatic N) is 2. The van der Waals surface area contributed by atoms with E-state index in [1.54, 1.807) is 25.3 Å². The van der Waals surface area contributed by atoms with Gasteiger partial charge < -0.3 is 10.4 Å². The number of nitrogens with one attached hydrogen (secondary N) is 1. The molecule has 0 spiro atoms. The van der Waals surface area contributed by atoms with Crippen molar-refractivity contribution in [1.29, 1.82) is 0 Å². The number of carbonyl (C=O) groups is 2. The molecule has 0 saturated heterocycles. The van der Waals surface area contributed by atoms with Crippen LogP contribution in [0.2, 0.25) is 0 Å². The Kier molecular flexibility index (Phi) is 4.33. The van der Waals surface area contributed by atoms with Gasteiger partial charge in [0.25, 0.3) is 5.91 Å². The second kappa shape index (κ2) is 6.43. The van der Waals surface area contributed by atoms with Gasteiger partial charge in [0.2, 0.25) is 0 Å². The Hall–Kier alpha value is -2.70. The van der Waals surface area contributed by atoms with Crippen molar-refractivity contribution in [2.75, 3.05) is 0 Å². The van der Waals surface area contributed by atoms with Crippen molar-refractivity contribution in [3.05, 3.63) is 47.5 Å². The summed E-state index contributed by atoms with van der Waals surface area (Å²) in [5.41, 5.74) is 1.40. The summed E-state index contributed by atoms with van der Waals surface area (Å²) in [6, 6.07) is 4.82. The maximum Gasteiger partial charge on any atom is 0.326 e. The highest BCUT2D eigenvalue weighted by Gasteiger charge is 2.31. The van der Waals surface area contributed by atoms with E-state index >= 15 is 0 Å². The molecule has 1 aromatic heterocycles. The lowest BCUT2D eigenvalue weighted by Crippen LogP contribution is -2.41. The molecule has 126 valence electrons. The van der Waals surface area contributed by atoms with Crippen molar-refractivity contribution < 1.29 is 19.1 Å². The summed E-state index contributed by atoms with van der Waals surface area (Å²) >= 11 is 0. The predicted octanol–water partition coefficient (Wildman–Crippen LogP) is 2.30. The molecule has 6 nitrogen and oxygen atoms in total. The second-order valence-electron chi connectivity index (χ2n) is 6.13. The molecular weight excluding hydrogens is 313 g/mol. The zero-order valence-electron chi connectivity index (χ0n) is 13.2. The molecule has 1 unspecified atom stereocenters. The summed E-state index contributed by atoms with van der Waals surface area (Å²) in [5, 5.41) is 16.0. The number of carboxylic acid groups (broad SMARTS) is 1. The van der Waals surface area contributed by atoms with Crippen LogP contribution in [0.4, 0.5) is 4.39 Å². The summed E-state index contributed by atoms with van der Waals surface area (Å²) in [5.74, 6) is -1.53. The van der Waals surface area contributed by atoms with Gasteiger partial charge in [-0.3, -0.25) is 4.79 Å². The van der Waals surface area contributed by atoms with Crippen molar-refractivity contribution in [2.45, 2.75) is 32.2 Å². The number of aromatic nitrogens is 2. The van der Waals surface area contributed by atoms with Crippen LogP contribution in [0.1, 0.15) is 35.3 Å². The first-order chi connectivity index (χ1) is 11.4. The van der Waals surface area contributed by atoms with E-state index in [2.05, 4.69) is 10.4 Å². The van der Waals surface area contributed by atoms with E-state index in [-0.39, 0.29) is 11.5 Å². The Morgan fingerprint density at radius 2 is 2.04 bits per heavy atom. The first kappa shape index (κ1) is 16.2. The van der Waals surface area contributed by atoms with E-state index in [4.69, 9.17) is 0 Å². The Morgan fingerprint density at radius 1 is 1.38 bits per heavy atom. The summed E-state index contributed by atoms with van der Waals surface area (Å²) in [6.07, 6.45) is 4.12. The monoisotopic (exact) mass is 331 g/mol.